The maximum Gasteiger partial charge on any atom is 0.247 e. The van der Waals surface area contributed by atoms with E-state index < -0.39 is 0 Å². The van der Waals surface area contributed by atoms with Crippen molar-refractivity contribution in [2.24, 2.45) is 5.92 Å². The van der Waals surface area contributed by atoms with E-state index in [0.717, 1.165) is 11.9 Å². The lowest BCUT2D eigenvalue weighted by Crippen LogP contribution is -2.40. The highest BCUT2D eigenvalue weighted by Gasteiger charge is 2.43. The van der Waals surface area contributed by atoms with Crippen molar-refractivity contribution >= 4 is 29.5 Å². The molecule has 2 aromatic rings. The molecule has 0 aromatic carbocycles. The molecule has 0 radical (unpaired) electrons. The number of H-pyrrole nitrogens is 1. The van der Waals surface area contributed by atoms with Crippen molar-refractivity contribution < 1.29 is 0 Å². The first-order valence-corrected chi connectivity index (χ1v) is 8.99. The molecule has 4 heterocycles. The standard InChI is InChI=1S/C14H18N6S2/c1-6-3-4-9-8(5-6)10-11-15-7(2)18-20(11)13-16-17-14(21)19(13)12(10)22-9/h6-7,11,15,18H,3-5H2,1-2H3,(H,17,21)/t6-,7?,11?/m1/s1. The van der Waals surface area contributed by atoms with Crippen molar-refractivity contribution in [3.05, 3.63) is 20.8 Å². The molecule has 116 valence electrons. The number of hydrogen-bond donors (Lipinski definition) is 3. The molecule has 1 saturated heterocycles. The fourth-order valence-electron chi connectivity index (χ4n) is 3.87. The van der Waals surface area contributed by atoms with E-state index in [9.17, 15) is 0 Å². The van der Waals surface area contributed by atoms with E-state index in [1.54, 1.807) is 0 Å². The molecule has 8 heteroatoms. The lowest BCUT2D eigenvalue weighted by atomic mass is 9.87. The summed E-state index contributed by atoms with van der Waals surface area (Å²) in [6.07, 6.45) is 4.00. The van der Waals surface area contributed by atoms with Gasteiger partial charge in [0.15, 0.2) is 0 Å². The van der Waals surface area contributed by atoms with E-state index in [1.807, 2.05) is 11.3 Å². The molecule has 6 nitrogen and oxygen atoms in total. The van der Waals surface area contributed by atoms with Crippen LogP contribution in [-0.4, -0.2) is 20.9 Å². The van der Waals surface area contributed by atoms with Gasteiger partial charge >= 0.3 is 0 Å². The second-order valence-corrected chi connectivity index (χ2v) is 8.00. The van der Waals surface area contributed by atoms with Crippen LogP contribution in [0.3, 0.4) is 0 Å². The third-order valence-electron chi connectivity index (χ3n) is 4.87. The second-order valence-electron chi connectivity index (χ2n) is 6.52. The SMILES string of the molecule is CC1NC2c3c(sc4c3C[C@H](C)CC4)-n3c(n[nH]c3=S)N2N1. The number of aromatic amines is 1. The van der Waals surface area contributed by atoms with Crippen LogP contribution < -0.4 is 15.8 Å². The van der Waals surface area contributed by atoms with Crippen LogP contribution in [0.25, 0.3) is 5.00 Å². The molecule has 0 spiro atoms. The molecule has 0 bridgehead atoms. The highest BCUT2D eigenvalue weighted by molar-refractivity contribution is 7.71. The van der Waals surface area contributed by atoms with Crippen LogP contribution >= 0.6 is 23.6 Å². The number of rotatable bonds is 0. The van der Waals surface area contributed by atoms with Crippen molar-refractivity contribution in [3.8, 4) is 5.00 Å². The smallest absolute Gasteiger partial charge is 0.247 e. The van der Waals surface area contributed by atoms with Crippen LogP contribution in [-0.2, 0) is 12.8 Å². The normalized spacial score (nSPS) is 29.0. The zero-order valence-electron chi connectivity index (χ0n) is 12.5. The third-order valence-corrected chi connectivity index (χ3v) is 6.44. The summed E-state index contributed by atoms with van der Waals surface area (Å²) in [6, 6.07) is 0. The van der Waals surface area contributed by atoms with E-state index >= 15 is 0 Å². The summed E-state index contributed by atoms with van der Waals surface area (Å²) in [5, 5.41) is 14.4. The molecular weight excluding hydrogens is 316 g/mol. The summed E-state index contributed by atoms with van der Waals surface area (Å²) in [5.74, 6) is 1.61. The lowest BCUT2D eigenvalue weighted by molar-refractivity contribution is 0.494. The molecule has 0 amide bonds. The van der Waals surface area contributed by atoms with Gasteiger partial charge in [0.2, 0.25) is 10.7 Å². The summed E-state index contributed by atoms with van der Waals surface area (Å²) in [4.78, 5) is 1.53. The molecule has 3 aliphatic rings. The Hall–Kier alpha value is -1.22. The van der Waals surface area contributed by atoms with Gasteiger partial charge in [0.1, 0.15) is 11.2 Å². The first kappa shape index (κ1) is 13.2. The number of hydrogen-bond acceptors (Lipinski definition) is 6. The Labute approximate surface area is 137 Å². The molecule has 3 N–H and O–H groups in total. The van der Waals surface area contributed by atoms with Gasteiger partial charge in [0.25, 0.3) is 0 Å². The predicted molar refractivity (Wildman–Crippen MR) is 88.8 cm³/mol. The van der Waals surface area contributed by atoms with Crippen LogP contribution in [0.1, 0.15) is 42.4 Å². The van der Waals surface area contributed by atoms with Gasteiger partial charge < -0.3 is 0 Å². The van der Waals surface area contributed by atoms with Crippen LogP contribution in [0.4, 0.5) is 5.95 Å². The third kappa shape index (κ3) is 1.61. The van der Waals surface area contributed by atoms with Gasteiger partial charge in [-0.25, -0.2) is 15.1 Å². The van der Waals surface area contributed by atoms with Crippen LogP contribution in [0, 0.1) is 10.7 Å². The van der Waals surface area contributed by atoms with E-state index in [0.29, 0.717) is 4.77 Å². The van der Waals surface area contributed by atoms with Gasteiger partial charge in [0.05, 0.1) is 6.17 Å². The largest absolute Gasteiger partial charge is 0.276 e. The zero-order valence-corrected chi connectivity index (χ0v) is 14.1. The van der Waals surface area contributed by atoms with Crippen LogP contribution in [0.15, 0.2) is 0 Å². The van der Waals surface area contributed by atoms with Crippen LogP contribution in [0.2, 0.25) is 0 Å². The summed E-state index contributed by atoms with van der Waals surface area (Å²) < 4.78 is 2.75. The maximum absolute atomic E-state index is 5.48. The Balaban J connectivity index is 1.80. The lowest BCUT2D eigenvalue weighted by Gasteiger charge is -2.31. The highest BCUT2D eigenvalue weighted by Crippen LogP contribution is 2.47. The van der Waals surface area contributed by atoms with E-state index in [1.165, 1.54) is 40.3 Å². The number of aryl methyl sites for hydroxylation is 1. The molecule has 2 unspecified atom stereocenters. The van der Waals surface area contributed by atoms with E-state index in [-0.39, 0.29) is 12.3 Å². The number of nitrogens with one attached hydrogen (secondary N) is 3. The minimum Gasteiger partial charge on any atom is -0.276 e. The second kappa shape index (κ2) is 4.41. The fourth-order valence-corrected chi connectivity index (χ4v) is 5.52. The molecule has 0 saturated carbocycles. The van der Waals surface area contributed by atoms with Gasteiger partial charge in [-0.15, -0.1) is 16.4 Å². The summed E-state index contributed by atoms with van der Waals surface area (Å²) in [7, 11) is 0. The number of anilines is 1. The van der Waals surface area contributed by atoms with Crippen LogP contribution in [0.5, 0.6) is 0 Å². The van der Waals surface area contributed by atoms with Gasteiger partial charge in [-0.3, -0.25) is 10.3 Å². The van der Waals surface area contributed by atoms with Crippen molar-refractivity contribution in [2.45, 2.75) is 45.4 Å². The molecule has 2 aromatic heterocycles. The first-order valence-electron chi connectivity index (χ1n) is 7.77. The van der Waals surface area contributed by atoms with Crippen molar-refractivity contribution in [2.75, 3.05) is 5.01 Å². The average molecular weight is 334 g/mol. The van der Waals surface area contributed by atoms with Gasteiger partial charge in [0, 0.05) is 10.4 Å². The quantitative estimate of drug-likeness (QED) is 0.646. The fraction of sp³-hybridized carbons (Fsp3) is 0.571. The Kier molecular flexibility index (Phi) is 2.65. The van der Waals surface area contributed by atoms with Gasteiger partial charge in [-0.05, 0) is 49.9 Å². The molecule has 22 heavy (non-hydrogen) atoms. The maximum atomic E-state index is 5.48. The minimum atomic E-state index is 0.146. The number of thiophene rings is 1. The Morgan fingerprint density at radius 2 is 2.23 bits per heavy atom. The van der Waals surface area contributed by atoms with Gasteiger partial charge in [-0.2, -0.15) is 0 Å². The summed E-state index contributed by atoms with van der Waals surface area (Å²) >= 11 is 7.37. The van der Waals surface area contributed by atoms with Crippen molar-refractivity contribution in [3.63, 3.8) is 0 Å². The van der Waals surface area contributed by atoms with E-state index in [2.05, 4.69) is 44.4 Å². The Morgan fingerprint density at radius 1 is 1.36 bits per heavy atom. The minimum absolute atomic E-state index is 0.146. The van der Waals surface area contributed by atoms with Gasteiger partial charge in [-0.1, -0.05) is 6.92 Å². The highest BCUT2D eigenvalue weighted by atomic mass is 32.1. The van der Waals surface area contributed by atoms with Crippen molar-refractivity contribution in [1.29, 1.82) is 0 Å². The molecule has 5 rings (SSSR count). The number of nitrogens with zero attached hydrogens (tertiary/aromatic N) is 3. The van der Waals surface area contributed by atoms with Crippen molar-refractivity contribution in [1.82, 2.24) is 25.5 Å². The monoisotopic (exact) mass is 334 g/mol. The van der Waals surface area contributed by atoms with E-state index in [4.69, 9.17) is 12.2 Å². The summed E-state index contributed by atoms with van der Waals surface area (Å²) in [6.45, 7) is 4.48. The Morgan fingerprint density at radius 3 is 3.09 bits per heavy atom. The molecule has 1 aliphatic carbocycles. The first-order chi connectivity index (χ1) is 10.6. The number of fused-ring (bicyclic) bond motifs is 8. The molecule has 3 atom stereocenters. The predicted octanol–water partition coefficient (Wildman–Crippen LogP) is 2.39. The Bertz CT molecular complexity index is 818. The number of hydrazine groups is 1. The zero-order chi connectivity index (χ0) is 15.0. The number of aromatic nitrogens is 3. The topological polar surface area (TPSA) is 60.9 Å². The molecule has 1 fully saturated rings. The summed E-state index contributed by atoms with van der Waals surface area (Å²) in [5.41, 5.74) is 6.38. The molecule has 2 aliphatic heterocycles. The molecular formula is C14H18N6S2. The average Bonchev–Trinajstić information content (AvgIpc) is 3.13.